The predicted molar refractivity (Wildman–Crippen MR) is 153 cm³/mol. The number of alkyl halides is 3. The fraction of sp³-hybridized carbons (Fsp3) is 0.0938. The first kappa shape index (κ1) is 28.2. The molecule has 10 heteroatoms. The highest BCUT2D eigenvalue weighted by atomic mass is 19.4. The minimum atomic E-state index is -4.46. The Morgan fingerprint density at radius 1 is 0.810 bits per heavy atom. The summed E-state index contributed by atoms with van der Waals surface area (Å²) in [5.74, 6) is -0.400. The van der Waals surface area contributed by atoms with Gasteiger partial charge in [0, 0.05) is 19.2 Å². The molecule has 0 aliphatic rings. The van der Waals surface area contributed by atoms with Gasteiger partial charge in [0.05, 0.1) is 11.8 Å². The quantitative estimate of drug-likeness (QED) is 0.215. The number of benzene rings is 4. The summed E-state index contributed by atoms with van der Waals surface area (Å²) < 4.78 is 45.6. The average molecular weight is 571 g/mol. The largest absolute Gasteiger partial charge is 0.416 e. The van der Waals surface area contributed by atoms with Crippen LogP contribution in [0.2, 0.25) is 0 Å². The number of aryl methyl sites for hydroxylation is 1. The number of nitrogens with zero attached hydrogens (tertiary/aromatic N) is 2. The summed E-state index contributed by atoms with van der Waals surface area (Å²) in [6.07, 6.45) is -3.70. The highest BCUT2D eigenvalue weighted by Gasteiger charge is 2.30. The number of rotatable bonds is 7. The Kier molecular flexibility index (Phi) is 8.05. The second kappa shape index (κ2) is 12.0. The van der Waals surface area contributed by atoms with Gasteiger partial charge in [0.15, 0.2) is 5.82 Å². The normalized spacial score (nSPS) is 11.1. The molecule has 2 N–H and O–H groups in total. The van der Waals surface area contributed by atoms with Crippen molar-refractivity contribution in [1.82, 2.24) is 14.9 Å². The molecule has 5 aromatic rings. The van der Waals surface area contributed by atoms with Gasteiger partial charge in [-0.1, -0.05) is 84.9 Å². The van der Waals surface area contributed by atoms with Gasteiger partial charge >= 0.3 is 18.3 Å². The summed E-state index contributed by atoms with van der Waals surface area (Å²) in [5, 5.41) is 5.33. The highest BCUT2D eigenvalue weighted by molar-refractivity contribution is 6.08. The number of aromatic nitrogens is 2. The molecule has 0 aliphatic heterocycles. The first-order valence-electron chi connectivity index (χ1n) is 12.9. The van der Waals surface area contributed by atoms with Crippen LogP contribution < -0.4 is 15.4 Å². The van der Waals surface area contributed by atoms with Crippen molar-refractivity contribution in [3.63, 3.8) is 0 Å². The predicted octanol–water partition coefficient (Wildman–Crippen LogP) is 7.31. The number of anilines is 1. The Morgan fingerprint density at radius 2 is 1.43 bits per heavy atom. The van der Waals surface area contributed by atoms with Crippen molar-refractivity contribution in [2.75, 3.05) is 5.32 Å². The number of hydrogen-bond donors (Lipinski definition) is 2. The van der Waals surface area contributed by atoms with Crippen molar-refractivity contribution in [2.45, 2.75) is 12.7 Å². The number of hydrogen-bond acceptors (Lipinski definition) is 4. The summed E-state index contributed by atoms with van der Waals surface area (Å²) in [7, 11) is 1.60. The second-order valence-corrected chi connectivity index (χ2v) is 9.40. The Bertz CT molecular complexity index is 1700. The molecule has 0 saturated carbocycles. The van der Waals surface area contributed by atoms with E-state index in [0.29, 0.717) is 11.1 Å². The van der Waals surface area contributed by atoms with Gasteiger partial charge in [-0.15, -0.1) is 0 Å². The minimum absolute atomic E-state index is 0.0433. The van der Waals surface area contributed by atoms with E-state index in [1.165, 1.54) is 22.9 Å². The molecule has 42 heavy (non-hydrogen) atoms. The van der Waals surface area contributed by atoms with Crippen LogP contribution in [0.1, 0.15) is 21.5 Å². The van der Waals surface area contributed by atoms with Crippen molar-refractivity contribution >= 4 is 17.8 Å². The highest BCUT2D eigenvalue weighted by Crippen LogP contribution is 2.32. The first-order chi connectivity index (χ1) is 20.2. The Labute approximate surface area is 239 Å². The first-order valence-corrected chi connectivity index (χ1v) is 12.9. The molecule has 212 valence electrons. The Hall–Kier alpha value is -5.38. The maximum absolute atomic E-state index is 13.1. The molecular formula is C32H25F3N4O3. The van der Waals surface area contributed by atoms with E-state index in [1.807, 2.05) is 54.6 Å². The molecule has 1 aromatic heterocycles. The minimum Gasteiger partial charge on any atom is -0.375 e. The van der Waals surface area contributed by atoms with Gasteiger partial charge in [-0.2, -0.15) is 18.2 Å². The van der Waals surface area contributed by atoms with Gasteiger partial charge in [-0.25, -0.2) is 4.79 Å². The lowest BCUT2D eigenvalue weighted by atomic mass is 9.98. The topological polar surface area (TPSA) is 85.2 Å². The molecule has 5 rings (SSSR count). The van der Waals surface area contributed by atoms with Crippen molar-refractivity contribution in [3.05, 3.63) is 126 Å². The summed E-state index contributed by atoms with van der Waals surface area (Å²) in [6.45, 7) is 0.239. The molecule has 0 fully saturated rings. The molecule has 0 aliphatic carbocycles. The lowest BCUT2D eigenvalue weighted by Gasteiger charge is -2.11. The van der Waals surface area contributed by atoms with E-state index in [4.69, 9.17) is 4.74 Å². The third kappa shape index (κ3) is 6.67. The van der Waals surface area contributed by atoms with E-state index in [1.54, 1.807) is 31.3 Å². The van der Waals surface area contributed by atoms with Crippen molar-refractivity contribution < 1.29 is 27.5 Å². The van der Waals surface area contributed by atoms with Gasteiger partial charge in [0.1, 0.15) is 0 Å². The van der Waals surface area contributed by atoms with Crippen LogP contribution in [0, 0.1) is 0 Å². The van der Waals surface area contributed by atoms with E-state index in [0.717, 1.165) is 28.8 Å². The van der Waals surface area contributed by atoms with Gasteiger partial charge in [-0.05, 0) is 46.0 Å². The number of halogens is 3. The number of nitrogens with one attached hydrogen (secondary N) is 2. The third-order valence-corrected chi connectivity index (χ3v) is 6.45. The van der Waals surface area contributed by atoms with Gasteiger partial charge in [0.2, 0.25) is 0 Å². The van der Waals surface area contributed by atoms with Crippen molar-refractivity contribution in [1.29, 1.82) is 0 Å². The number of carbonyl (C=O) groups excluding carboxylic acids is 2. The molecule has 1 heterocycles. The fourth-order valence-electron chi connectivity index (χ4n) is 4.30. The van der Waals surface area contributed by atoms with Crippen LogP contribution in [0.5, 0.6) is 6.01 Å². The molecule has 0 unspecified atom stereocenters. The molecule has 4 aromatic carbocycles. The van der Waals surface area contributed by atoms with Crippen LogP contribution in [-0.4, -0.2) is 21.6 Å². The Balaban J connectivity index is 1.20. The maximum Gasteiger partial charge on any atom is 0.416 e. The molecule has 2 amide bonds. The van der Waals surface area contributed by atoms with Crippen molar-refractivity contribution in [2.24, 2.45) is 7.05 Å². The number of carbonyl (C=O) groups is 2. The van der Waals surface area contributed by atoms with E-state index >= 15 is 0 Å². The number of ether oxygens (including phenoxy) is 1. The van der Waals surface area contributed by atoms with Gasteiger partial charge < -0.3 is 19.9 Å². The molecule has 0 bridgehead atoms. The zero-order chi connectivity index (χ0) is 29.7. The maximum atomic E-state index is 13.1. The lowest BCUT2D eigenvalue weighted by Crippen LogP contribution is -2.27. The van der Waals surface area contributed by atoms with Crippen LogP contribution in [0.25, 0.3) is 22.3 Å². The molecule has 0 radical (unpaired) electrons. The van der Waals surface area contributed by atoms with Crippen LogP contribution in [0.4, 0.5) is 23.8 Å². The van der Waals surface area contributed by atoms with Crippen molar-refractivity contribution in [3.8, 4) is 28.3 Å². The zero-order valence-corrected chi connectivity index (χ0v) is 22.4. The number of imidazole rings is 1. The molecule has 0 spiro atoms. The van der Waals surface area contributed by atoms with Crippen LogP contribution >= 0.6 is 0 Å². The van der Waals surface area contributed by atoms with E-state index in [-0.39, 0.29) is 23.9 Å². The lowest BCUT2D eigenvalue weighted by molar-refractivity contribution is -0.137. The SMILES string of the molecule is Cn1cc(NC(=O)c2ccccc2-c2ccc(C(F)(F)F)cc2)nc1OC(=O)NCc1ccc(-c2ccccc2)cc1. The van der Waals surface area contributed by atoms with E-state index in [9.17, 15) is 22.8 Å². The molecule has 0 saturated heterocycles. The zero-order valence-electron chi connectivity index (χ0n) is 22.4. The summed E-state index contributed by atoms with van der Waals surface area (Å²) in [6, 6.07) is 28.8. The third-order valence-electron chi connectivity index (χ3n) is 6.45. The Morgan fingerprint density at radius 3 is 2.12 bits per heavy atom. The average Bonchev–Trinajstić information content (AvgIpc) is 3.34. The fourth-order valence-corrected chi connectivity index (χ4v) is 4.30. The van der Waals surface area contributed by atoms with E-state index in [2.05, 4.69) is 15.6 Å². The second-order valence-electron chi connectivity index (χ2n) is 9.40. The van der Waals surface area contributed by atoms with Crippen LogP contribution in [0.3, 0.4) is 0 Å². The molecule has 0 atom stereocenters. The molecule has 7 nitrogen and oxygen atoms in total. The summed E-state index contributed by atoms with van der Waals surface area (Å²) in [5.41, 5.74) is 3.40. The summed E-state index contributed by atoms with van der Waals surface area (Å²) in [4.78, 5) is 29.7. The van der Waals surface area contributed by atoms with E-state index < -0.39 is 23.7 Å². The molecular weight excluding hydrogens is 545 g/mol. The van der Waals surface area contributed by atoms with Crippen LogP contribution in [0.15, 0.2) is 109 Å². The summed E-state index contributed by atoms with van der Waals surface area (Å²) >= 11 is 0. The smallest absolute Gasteiger partial charge is 0.375 e. The monoisotopic (exact) mass is 570 g/mol. The van der Waals surface area contributed by atoms with Gasteiger partial charge in [0.25, 0.3) is 5.91 Å². The van der Waals surface area contributed by atoms with Gasteiger partial charge in [-0.3, -0.25) is 4.79 Å². The van der Waals surface area contributed by atoms with Crippen LogP contribution in [-0.2, 0) is 19.8 Å². The number of amides is 2. The standard InChI is InChI=1S/C32H25F3N4O3/c1-39-20-28(37-29(40)27-10-6-5-9-26(27)24-15-17-25(18-16-24)32(33,34)35)38-30(39)42-31(41)36-19-21-11-13-23(14-12-21)22-7-3-2-4-8-22/h2-18,20H,19H2,1H3,(H,36,41)(H,37,40).